The molecule has 0 N–H and O–H groups in total. The molecule has 0 aliphatic rings. The van der Waals surface area contributed by atoms with Crippen LogP contribution in [0.3, 0.4) is 0 Å². The normalized spacial score (nSPS) is 9.50. The van der Waals surface area contributed by atoms with Gasteiger partial charge in [0.1, 0.15) is 6.29 Å². The Labute approximate surface area is 37.7 Å². The third-order valence-electron chi connectivity index (χ3n) is 0.468. The van der Waals surface area contributed by atoms with E-state index in [2.05, 4.69) is 0 Å². The second kappa shape index (κ2) is 4.41. The molecule has 6 heavy (non-hydrogen) atoms. The minimum Gasteiger partial charge on any atom is -0.303 e. The Balaban J connectivity index is 2.85. The van der Waals surface area contributed by atoms with Crippen molar-refractivity contribution in [2.75, 3.05) is 0 Å². The zero-order valence-corrected chi connectivity index (χ0v) is 3.85. The molecule has 0 saturated heterocycles. The lowest BCUT2D eigenvalue weighted by molar-refractivity contribution is -0.107. The number of carbonyl (C=O) groups is 1. The Morgan fingerprint density at radius 2 is 2.33 bits per heavy atom. The van der Waals surface area contributed by atoms with E-state index in [0.717, 1.165) is 6.29 Å². The minimum absolute atomic E-state index is 0.552. The summed E-state index contributed by atoms with van der Waals surface area (Å²) < 4.78 is 0. The average Bonchev–Trinajstić information content (AvgIpc) is 1.61. The fourth-order valence-electron chi connectivity index (χ4n) is 0.192. The van der Waals surface area contributed by atoms with Crippen molar-refractivity contribution in [3.05, 3.63) is 12.2 Å². The first-order valence-electron chi connectivity index (χ1n) is 1.96. The third-order valence-corrected chi connectivity index (χ3v) is 0.468. The molecule has 0 unspecified atom stereocenters. The van der Waals surface area contributed by atoms with Crippen LogP contribution < -0.4 is 0 Å². The van der Waals surface area contributed by atoms with Crippen molar-refractivity contribution in [1.29, 1.82) is 0 Å². The highest BCUT2D eigenvalue weighted by Gasteiger charge is 1.63. The summed E-state index contributed by atoms with van der Waals surface area (Å²) in [6, 6.07) is 0. The summed E-state index contributed by atoms with van der Waals surface area (Å²) in [5.74, 6) is 0. The number of rotatable bonds is 2. The standard InChI is InChI=1S/C5H8O/c1-2-3-4-5-6/h2-3,5H,4H2,1H3. The number of allylic oxidation sites excluding steroid dienone is 2. The van der Waals surface area contributed by atoms with Crippen LogP contribution in [0.15, 0.2) is 12.2 Å². The van der Waals surface area contributed by atoms with E-state index < -0.39 is 0 Å². The molecule has 0 atom stereocenters. The van der Waals surface area contributed by atoms with Crippen molar-refractivity contribution in [3.63, 3.8) is 0 Å². The maximum Gasteiger partial charge on any atom is 0.123 e. The number of aldehydes is 1. The maximum atomic E-state index is 9.51. The Kier molecular flexibility index (Phi) is 3.98. The molecule has 0 rings (SSSR count). The summed E-state index contributed by atoms with van der Waals surface area (Å²) in [6.45, 7) is 1.89. The van der Waals surface area contributed by atoms with E-state index in [1.807, 2.05) is 19.1 Å². The van der Waals surface area contributed by atoms with Crippen molar-refractivity contribution in [3.8, 4) is 0 Å². The SMILES string of the molecule is CC=CCC=O. The molecule has 0 saturated carbocycles. The molecule has 0 aliphatic heterocycles. The monoisotopic (exact) mass is 84.1 g/mol. The van der Waals surface area contributed by atoms with Gasteiger partial charge < -0.3 is 4.79 Å². The molecule has 1 heteroatoms. The predicted molar refractivity (Wildman–Crippen MR) is 25.5 cm³/mol. The highest BCUT2D eigenvalue weighted by atomic mass is 16.1. The minimum atomic E-state index is 0.552. The highest BCUT2D eigenvalue weighted by Crippen LogP contribution is 1.71. The molecule has 0 radical (unpaired) electrons. The van der Waals surface area contributed by atoms with E-state index in [1.165, 1.54) is 0 Å². The van der Waals surface area contributed by atoms with Crippen LogP contribution in [0.25, 0.3) is 0 Å². The molecule has 0 aromatic rings. The molecule has 0 aromatic carbocycles. The first kappa shape index (κ1) is 5.41. The Morgan fingerprint density at radius 3 is 2.50 bits per heavy atom. The van der Waals surface area contributed by atoms with Crippen LogP contribution in [0.4, 0.5) is 0 Å². The lowest BCUT2D eigenvalue weighted by Crippen LogP contribution is -1.61. The number of hydrogen-bond donors (Lipinski definition) is 0. The van der Waals surface area contributed by atoms with E-state index in [1.54, 1.807) is 0 Å². The summed E-state index contributed by atoms with van der Waals surface area (Å²) in [6.07, 6.45) is 5.10. The Bertz CT molecular complexity index is 55.0. The second-order valence-electron chi connectivity index (χ2n) is 0.971. The largest absolute Gasteiger partial charge is 0.303 e. The predicted octanol–water partition coefficient (Wildman–Crippen LogP) is 1.15. The fraction of sp³-hybridized carbons (Fsp3) is 0.400. The lowest BCUT2D eigenvalue weighted by Gasteiger charge is -1.65. The number of hydrogen-bond acceptors (Lipinski definition) is 1. The van der Waals surface area contributed by atoms with Gasteiger partial charge in [0, 0.05) is 6.42 Å². The zero-order chi connectivity index (χ0) is 4.83. The molecule has 1 nitrogen and oxygen atoms in total. The molecular weight excluding hydrogens is 76.1 g/mol. The quantitative estimate of drug-likeness (QED) is 0.362. The molecule has 0 bridgehead atoms. The Morgan fingerprint density at radius 1 is 1.67 bits per heavy atom. The summed E-state index contributed by atoms with van der Waals surface area (Å²) in [5, 5.41) is 0. The van der Waals surface area contributed by atoms with Gasteiger partial charge in [0.2, 0.25) is 0 Å². The van der Waals surface area contributed by atoms with Gasteiger partial charge in [-0.05, 0) is 6.92 Å². The van der Waals surface area contributed by atoms with Gasteiger partial charge in [-0.2, -0.15) is 0 Å². The molecule has 0 fully saturated rings. The summed E-state index contributed by atoms with van der Waals surface area (Å²) >= 11 is 0. The van der Waals surface area contributed by atoms with Crippen LogP contribution in [0, 0.1) is 0 Å². The molecule has 0 spiro atoms. The molecule has 0 aromatic heterocycles. The van der Waals surface area contributed by atoms with Crippen molar-refractivity contribution < 1.29 is 4.79 Å². The van der Waals surface area contributed by atoms with Crippen molar-refractivity contribution in [2.45, 2.75) is 13.3 Å². The van der Waals surface area contributed by atoms with Crippen LogP contribution >= 0.6 is 0 Å². The van der Waals surface area contributed by atoms with Crippen molar-refractivity contribution in [2.24, 2.45) is 0 Å². The van der Waals surface area contributed by atoms with Crippen LogP contribution in [0.2, 0.25) is 0 Å². The highest BCUT2D eigenvalue weighted by molar-refractivity contribution is 5.51. The third kappa shape index (κ3) is 3.41. The van der Waals surface area contributed by atoms with Crippen LogP contribution in [0.1, 0.15) is 13.3 Å². The van der Waals surface area contributed by atoms with Gasteiger partial charge in [-0.3, -0.25) is 0 Å². The van der Waals surface area contributed by atoms with Gasteiger partial charge in [0.05, 0.1) is 0 Å². The molecule has 0 amide bonds. The Hall–Kier alpha value is -0.590. The summed E-state index contributed by atoms with van der Waals surface area (Å²) in [7, 11) is 0. The smallest absolute Gasteiger partial charge is 0.123 e. The van der Waals surface area contributed by atoms with Crippen molar-refractivity contribution >= 4 is 6.29 Å². The first-order chi connectivity index (χ1) is 2.91. The van der Waals surface area contributed by atoms with Crippen LogP contribution in [-0.4, -0.2) is 6.29 Å². The fourth-order valence-corrected chi connectivity index (χ4v) is 0.192. The second-order valence-corrected chi connectivity index (χ2v) is 0.971. The maximum absolute atomic E-state index is 9.51. The topological polar surface area (TPSA) is 17.1 Å². The van der Waals surface area contributed by atoms with E-state index >= 15 is 0 Å². The van der Waals surface area contributed by atoms with Crippen LogP contribution in [0.5, 0.6) is 0 Å². The summed E-state index contributed by atoms with van der Waals surface area (Å²) in [4.78, 5) is 9.51. The van der Waals surface area contributed by atoms with E-state index in [9.17, 15) is 4.79 Å². The van der Waals surface area contributed by atoms with Gasteiger partial charge in [-0.1, -0.05) is 12.2 Å². The van der Waals surface area contributed by atoms with Gasteiger partial charge in [-0.15, -0.1) is 0 Å². The number of carbonyl (C=O) groups excluding carboxylic acids is 1. The van der Waals surface area contributed by atoms with E-state index in [4.69, 9.17) is 0 Å². The van der Waals surface area contributed by atoms with Gasteiger partial charge >= 0.3 is 0 Å². The van der Waals surface area contributed by atoms with E-state index in [-0.39, 0.29) is 0 Å². The summed E-state index contributed by atoms with van der Waals surface area (Å²) in [5.41, 5.74) is 0. The van der Waals surface area contributed by atoms with Gasteiger partial charge in [0.15, 0.2) is 0 Å². The molecule has 0 heterocycles. The van der Waals surface area contributed by atoms with E-state index in [0.29, 0.717) is 6.42 Å². The van der Waals surface area contributed by atoms with Crippen LogP contribution in [-0.2, 0) is 4.79 Å². The first-order valence-corrected chi connectivity index (χ1v) is 1.96. The zero-order valence-electron chi connectivity index (χ0n) is 3.85. The molecular formula is C5H8O. The molecule has 34 valence electrons. The molecule has 0 aliphatic carbocycles. The average molecular weight is 84.1 g/mol. The van der Waals surface area contributed by atoms with Crippen molar-refractivity contribution in [1.82, 2.24) is 0 Å². The lowest BCUT2D eigenvalue weighted by atomic mass is 10.4. The van der Waals surface area contributed by atoms with Gasteiger partial charge in [-0.25, -0.2) is 0 Å². The van der Waals surface area contributed by atoms with Gasteiger partial charge in [0.25, 0.3) is 0 Å².